The van der Waals surface area contributed by atoms with E-state index >= 15 is 0 Å². The third-order valence-corrected chi connectivity index (χ3v) is 3.40. The van der Waals surface area contributed by atoms with Crippen LogP contribution in [0.15, 0.2) is 18.2 Å². The molecule has 0 aliphatic carbocycles. The van der Waals surface area contributed by atoms with E-state index in [1.165, 1.54) is 0 Å². The Morgan fingerprint density at radius 2 is 2.15 bits per heavy atom. The Labute approximate surface area is 120 Å². The van der Waals surface area contributed by atoms with E-state index in [4.69, 9.17) is 10.5 Å². The Kier molecular flexibility index (Phi) is 4.33. The molecular formula is C16H24N2O2. The van der Waals surface area contributed by atoms with Crippen LogP contribution >= 0.6 is 0 Å². The summed E-state index contributed by atoms with van der Waals surface area (Å²) < 4.78 is 5.83. The summed E-state index contributed by atoms with van der Waals surface area (Å²) in [6.07, 6.45) is 0.816. The molecule has 1 aliphatic rings. The normalized spacial score (nSPS) is 19.5. The molecule has 0 radical (unpaired) electrons. The van der Waals surface area contributed by atoms with Crippen LogP contribution in [0, 0.1) is 5.92 Å². The van der Waals surface area contributed by atoms with Crippen LogP contribution in [0.25, 0.3) is 0 Å². The number of nitrogens with two attached hydrogens (primary N) is 1. The van der Waals surface area contributed by atoms with Crippen LogP contribution in [0.2, 0.25) is 0 Å². The molecule has 0 spiro atoms. The molecule has 1 heterocycles. The zero-order valence-electron chi connectivity index (χ0n) is 12.7. The predicted octanol–water partition coefficient (Wildman–Crippen LogP) is 2.35. The highest BCUT2D eigenvalue weighted by atomic mass is 16.5. The second-order valence-electron chi connectivity index (χ2n) is 6.02. The summed E-state index contributed by atoms with van der Waals surface area (Å²) in [7, 11) is 0. The number of carbonyl (C=O) groups excluding carboxylic acids is 1. The minimum Gasteiger partial charge on any atom is -0.487 e. The molecule has 2 rings (SSSR count). The lowest BCUT2D eigenvalue weighted by Crippen LogP contribution is -2.44. The number of rotatable bonds is 3. The van der Waals surface area contributed by atoms with Crippen molar-refractivity contribution < 1.29 is 9.53 Å². The van der Waals surface area contributed by atoms with E-state index in [1.54, 1.807) is 0 Å². The molecule has 2 atom stereocenters. The molecule has 20 heavy (non-hydrogen) atoms. The number of nitrogens with zero attached hydrogens (tertiary/aromatic N) is 1. The van der Waals surface area contributed by atoms with Gasteiger partial charge in [0, 0.05) is 12.0 Å². The van der Waals surface area contributed by atoms with Crippen LogP contribution < -0.4 is 15.4 Å². The first kappa shape index (κ1) is 14.9. The highest BCUT2D eigenvalue weighted by Gasteiger charge is 2.29. The van der Waals surface area contributed by atoms with Gasteiger partial charge in [0.1, 0.15) is 11.9 Å². The lowest BCUT2D eigenvalue weighted by Gasteiger charge is -2.34. The number of hydrogen-bond donors (Lipinski definition) is 1. The first-order valence-corrected chi connectivity index (χ1v) is 7.25. The van der Waals surface area contributed by atoms with E-state index in [1.807, 2.05) is 50.8 Å². The number of anilines is 1. The molecular weight excluding hydrogens is 252 g/mol. The first-order valence-electron chi connectivity index (χ1n) is 7.25. The average Bonchev–Trinajstić information content (AvgIpc) is 2.36. The quantitative estimate of drug-likeness (QED) is 0.922. The number of benzene rings is 1. The first-order chi connectivity index (χ1) is 9.38. The maximum absolute atomic E-state index is 12.4. The molecule has 0 fully saturated rings. The van der Waals surface area contributed by atoms with Crippen LogP contribution in [0.5, 0.6) is 5.75 Å². The van der Waals surface area contributed by atoms with Crippen molar-refractivity contribution in [1.82, 2.24) is 0 Å². The standard InChI is InChI=1S/C16H24N2O2/c1-10(2)16(19)18-9-12(4)20-15-6-5-13(7-11(3)17)8-14(15)18/h5-6,8,10-12H,7,9,17H2,1-4H3. The smallest absolute Gasteiger partial charge is 0.229 e. The van der Waals surface area contributed by atoms with Crippen molar-refractivity contribution in [3.63, 3.8) is 0 Å². The maximum Gasteiger partial charge on any atom is 0.229 e. The van der Waals surface area contributed by atoms with Crippen molar-refractivity contribution in [1.29, 1.82) is 0 Å². The average molecular weight is 276 g/mol. The molecule has 0 saturated carbocycles. The number of ether oxygens (including phenoxy) is 1. The van der Waals surface area contributed by atoms with E-state index in [0.717, 1.165) is 23.4 Å². The van der Waals surface area contributed by atoms with Gasteiger partial charge >= 0.3 is 0 Å². The van der Waals surface area contributed by atoms with E-state index in [9.17, 15) is 4.79 Å². The van der Waals surface area contributed by atoms with Crippen LogP contribution in [0.1, 0.15) is 33.3 Å². The molecule has 4 heteroatoms. The Bertz CT molecular complexity index is 497. The summed E-state index contributed by atoms with van der Waals surface area (Å²) in [5, 5.41) is 0. The molecule has 0 saturated heterocycles. The van der Waals surface area contributed by atoms with Gasteiger partial charge in [-0.3, -0.25) is 4.79 Å². The van der Waals surface area contributed by atoms with Crippen molar-refractivity contribution in [3.05, 3.63) is 23.8 Å². The third kappa shape index (κ3) is 3.12. The number of carbonyl (C=O) groups is 1. The van der Waals surface area contributed by atoms with Gasteiger partial charge in [0.25, 0.3) is 0 Å². The summed E-state index contributed by atoms with van der Waals surface area (Å²) in [6, 6.07) is 6.11. The third-order valence-electron chi connectivity index (χ3n) is 3.40. The van der Waals surface area contributed by atoms with E-state index in [0.29, 0.717) is 6.54 Å². The minimum atomic E-state index is -0.0229. The highest BCUT2D eigenvalue weighted by Crippen LogP contribution is 2.35. The van der Waals surface area contributed by atoms with Gasteiger partial charge < -0.3 is 15.4 Å². The molecule has 110 valence electrons. The zero-order valence-corrected chi connectivity index (χ0v) is 12.7. The number of hydrogen-bond acceptors (Lipinski definition) is 3. The van der Waals surface area contributed by atoms with Crippen molar-refractivity contribution in [2.24, 2.45) is 11.7 Å². The molecule has 1 amide bonds. The van der Waals surface area contributed by atoms with Crippen LogP contribution in [0.4, 0.5) is 5.69 Å². The fourth-order valence-corrected chi connectivity index (χ4v) is 2.50. The minimum absolute atomic E-state index is 0.0180. The van der Waals surface area contributed by atoms with E-state index < -0.39 is 0 Å². The van der Waals surface area contributed by atoms with E-state index in [-0.39, 0.29) is 24.0 Å². The van der Waals surface area contributed by atoms with Gasteiger partial charge in [0.2, 0.25) is 5.91 Å². The molecule has 2 N–H and O–H groups in total. The lowest BCUT2D eigenvalue weighted by molar-refractivity contribution is -0.121. The van der Waals surface area contributed by atoms with Crippen molar-refractivity contribution in [3.8, 4) is 5.75 Å². The highest BCUT2D eigenvalue weighted by molar-refractivity contribution is 5.96. The van der Waals surface area contributed by atoms with Gasteiger partial charge in [-0.15, -0.1) is 0 Å². The summed E-state index contributed by atoms with van der Waals surface area (Å²) in [4.78, 5) is 14.2. The SMILES string of the molecule is CC(N)Cc1ccc2c(c1)N(C(=O)C(C)C)CC(C)O2. The zero-order chi connectivity index (χ0) is 14.9. The largest absolute Gasteiger partial charge is 0.487 e. The molecule has 2 unspecified atom stereocenters. The second kappa shape index (κ2) is 5.83. The van der Waals surface area contributed by atoms with Crippen molar-refractivity contribution in [2.45, 2.75) is 46.3 Å². The molecule has 0 aromatic heterocycles. The Morgan fingerprint density at radius 1 is 1.45 bits per heavy atom. The molecule has 4 nitrogen and oxygen atoms in total. The molecule has 1 aromatic carbocycles. The Morgan fingerprint density at radius 3 is 2.75 bits per heavy atom. The predicted molar refractivity (Wildman–Crippen MR) is 81.1 cm³/mol. The molecule has 0 bridgehead atoms. The van der Waals surface area contributed by atoms with Gasteiger partial charge in [0.05, 0.1) is 12.2 Å². The van der Waals surface area contributed by atoms with Crippen LogP contribution in [0.3, 0.4) is 0 Å². The number of fused-ring (bicyclic) bond motifs is 1. The van der Waals surface area contributed by atoms with Gasteiger partial charge in [-0.1, -0.05) is 19.9 Å². The molecule has 1 aliphatic heterocycles. The fraction of sp³-hybridized carbons (Fsp3) is 0.562. The summed E-state index contributed by atoms with van der Waals surface area (Å²) in [6.45, 7) is 8.42. The molecule has 1 aromatic rings. The Balaban J connectivity index is 2.37. The second-order valence-corrected chi connectivity index (χ2v) is 6.02. The van der Waals surface area contributed by atoms with E-state index in [2.05, 4.69) is 0 Å². The van der Waals surface area contributed by atoms with Gasteiger partial charge in [-0.05, 0) is 38.0 Å². The van der Waals surface area contributed by atoms with Crippen LogP contribution in [-0.4, -0.2) is 24.6 Å². The monoisotopic (exact) mass is 276 g/mol. The number of amides is 1. The van der Waals surface area contributed by atoms with Crippen molar-refractivity contribution >= 4 is 11.6 Å². The Hall–Kier alpha value is -1.55. The maximum atomic E-state index is 12.4. The summed E-state index contributed by atoms with van der Waals surface area (Å²) in [5.41, 5.74) is 7.87. The summed E-state index contributed by atoms with van der Waals surface area (Å²) >= 11 is 0. The van der Waals surface area contributed by atoms with Gasteiger partial charge in [0.15, 0.2) is 0 Å². The van der Waals surface area contributed by atoms with Crippen molar-refractivity contribution in [2.75, 3.05) is 11.4 Å². The van der Waals surface area contributed by atoms with Crippen LogP contribution in [-0.2, 0) is 11.2 Å². The lowest BCUT2D eigenvalue weighted by atomic mass is 10.0. The fourth-order valence-electron chi connectivity index (χ4n) is 2.50. The van der Waals surface area contributed by atoms with Gasteiger partial charge in [-0.25, -0.2) is 0 Å². The topological polar surface area (TPSA) is 55.6 Å². The summed E-state index contributed by atoms with van der Waals surface area (Å²) in [5.74, 6) is 0.899. The van der Waals surface area contributed by atoms with Gasteiger partial charge in [-0.2, -0.15) is 0 Å².